The molecule has 0 bridgehead atoms. The van der Waals surface area contributed by atoms with Gasteiger partial charge in [-0.25, -0.2) is 4.99 Å². The number of ether oxygens (including phenoxy) is 3. The van der Waals surface area contributed by atoms with E-state index >= 15 is 0 Å². The summed E-state index contributed by atoms with van der Waals surface area (Å²) < 4.78 is 16.3. The zero-order chi connectivity index (χ0) is 18.7. The molecule has 0 unspecified atom stereocenters. The number of methoxy groups -OCH3 is 3. The van der Waals surface area contributed by atoms with E-state index in [9.17, 15) is 0 Å². The molecule has 0 fully saturated rings. The zero-order valence-corrected chi connectivity index (χ0v) is 16.1. The molecule has 0 radical (unpaired) electrons. The fourth-order valence-corrected chi connectivity index (χ4v) is 2.50. The first-order chi connectivity index (χ1) is 12.1. The Hall–Kier alpha value is -2.37. The summed E-state index contributed by atoms with van der Waals surface area (Å²) in [7, 11) is 6.87. The minimum atomic E-state index is 0.484. The molecule has 140 valence electrons. The van der Waals surface area contributed by atoms with Crippen molar-refractivity contribution >= 4 is 5.96 Å². The van der Waals surface area contributed by atoms with Crippen molar-refractivity contribution in [2.75, 3.05) is 41.5 Å². The molecule has 0 heterocycles. The molecule has 0 spiro atoms. The van der Waals surface area contributed by atoms with Gasteiger partial charge in [-0.1, -0.05) is 6.08 Å². The second-order valence-corrected chi connectivity index (χ2v) is 5.52. The summed E-state index contributed by atoms with van der Waals surface area (Å²) in [6, 6.07) is 3.82. The van der Waals surface area contributed by atoms with Crippen molar-refractivity contribution in [2.24, 2.45) is 4.99 Å². The van der Waals surface area contributed by atoms with E-state index < -0.39 is 0 Å². The Morgan fingerprint density at radius 1 is 1.20 bits per heavy atom. The van der Waals surface area contributed by atoms with Crippen molar-refractivity contribution < 1.29 is 14.2 Å². The van der Waals surface area contributed by atoms with Crippen LogP contribution < -0.4 is 19.5 Å². The molecule has 0 aliphatic heterocycles. The van der Waals surface area contributed by atoms with Crippen LogP contribution in [0.4, 0.5) is 0 Å². The molecule has 1 aromatic rings. The van der Waals surface area contributed by atoms with Crippen molar-refractivity contribution in [2.45, 2.75) is 26.3 Å². The smallest absolute Gasteiger partial charge is 0.203 e. The lowest BCUT2D eigenvalue weighted by Crippen LogP contribution is -2.39. The first-order valence-electron chi connectivity index (χ1n) is 8.51. The lowest BCUT2D eigenvalue weighted by Gasteiger charge is -2.22. The van der Waals surface area contributed by atoms with Gasteiger partial charge in [0.05, 0.1) is 27.9 Å². The predicted molar refractivity (Wildman–Crippen MR) is 103 cm³/mol. The SMILES string of the molecule is C=CCCCN(C)C(=NCc1ccc(OC)c(OC)c1OC)NCC. The van der Waals surface area contributed by atoms with Gasteiger partial charge in [-0.15, -0.1) is 6.58 Å². The van der Waals surface area contributed by atoms with Gasteiger partial charge in [0, 0.05) is 25.7 Å². The number of allylic oxidation sites excluding steroid dienone is 1. The standard InChI is InChI=1S/C19H31N3O3/c1-7-9-10-13-22(3)19(20-8-2)21-14-15-11-12-16(23-4)18(25-6)17(15)24-5/h7,11-12H,1,8-10,13-14H2,2-6H3,(H,20,21). The summed E-state index contributed by atoms with van der Waals surface area (Å²) in [6.07, 6.45) is 3.98. The molecule has 0 amide bonds. The van der Waals surface area contributed by atoms with Gasteiger partial charge >= 0.3 is 0 Å². The second kappa shape index (κ2) is 11.2. The van der Waals surface area contributed by atoms with Crippen molar-refractivity contribution in [1.82, 2.24) is 10.2 Å². The van der Waals surface area contributed by atoms with E-state index in [1.165, 1.54) is 0 Å². The fraction of sp³-hybridized carbons (Fsp3) is 0.526. The van der Waals surface area contributed by atoms with Gasteiger partial charge < -0.3 is 24.4 Å². The Balaban J connectivity index is 3.00. The Bertz CT molecular complexity index is 573. The van der Waals surface area contributed by atoms with Gasteiger partial charge in [0.1, 0.15) is 0 Å². The molecular formula is C19H31N3O3. The number of hydrogen-bond donors (Lipinski definition) is 1. The highest BCUT2D eigenvalue weighted by Crippen LogP contribution is 2.39. The third-order valence-electron chi connectivity index (χ3n) is 3.78. The summed E-state index contributed by atoms with van der Waals surface area (Å²) in [5.74, 6) is 2.74. The van der Waals surface area contributed by atoms with E-state index in [1.807, 2.05) is 25.3 Å². The van der Waals surface area contributed by atoms with E-state index in [0.717, 1.165) is 37.5 Å². The molecule has 25 heavy (non-hydrogen) atoms. The summed E-state index contributed by atoms with van der Waals surface area (Å²) in [4.78, 5) is 6.86. The maximum absolute atomic E-state index is 5.52. The largest absolute Gasteiger partial charge is 0.493 e. The summed E-state index contributed by atoms with van der Waals surface area (Å²) in [6.45, 7) is 8.04. The minimum Gasteiger partial charge on any atom is -0.493 e. The van der Waals surface area contributed by atoms with Gasteiger partial charge in [0.25, 0.3) is 0 Å². The van der Waals surface area contributed by atoms with Crippen LogP contribution in [-0.2, 0) is 6.54 Å². The molecule has 6 heteroatoms. The van der Waals surface area contributed by atoms with Crippen LogP contribution in [0.25, 0.3) is 0 Å². The zero-order valence-electron chi connectivity index (χ0n) is 16.1. The van der Waals surface area contributed by atoms with Gasteiger partial charge in [-0.2, -0.15) is 0 Å². The second-order valence-electron chi connectivity index (χ2n) is 5.52. The number of aliphatic imine (C=N–C) groups is 1. The molecule has 0 aliphatic carbocycles. The third kappa shape index (κ3) is 5.89. The predicted octanol–water partition coefficient (Wildman–Crippen LogP) is 3.08. The van der Waals surface area contributed by atoms with Gasteiger partial charge in [-0.05, 0) is 31.9 Å². The van der Waals surface area contributed by atoms with Crippen LogP contribution in [0.3, 0.4) is 0 Å². The normalized spacial score (nSPS) is 11.0. The minimum absolute atomic E-state index is 0.484. The molecular weight excluding hydrogens is 318 g/mol. The highest BCUT2D eigenvalue weighted by Gasteiger charge is 2.16. The maximum Gasteiger partial charge on any atom is 0.203 e. The van der Waals surface area contributed by atoms with Crippen LogP contribution >= 0.6 is 0 Å². The molecule has 0 atom stereocenters. The van der Waals surface area contributed by atoms with Gasteiger partial charge in [0.2, 0.25) is 5.75 Å². The maximum atomic E-state index is 5.52. The van der Waals surface area contributed by atoms with Crippen LogP contribution in [0.5, 0.6) is 17.2 Å². The van der Waals surface area contributed by atoms with Crippen molar-refractivity contribution in [1.29, 1.82) is 0 Å². The topological polar surface area (TPSA) is 55.3 Å². The Morgan fingerprint density at radius 2 is 1.92 bits per heavy atom. The van der Waals surface area contributed by atoms with E-state index in [2.05, 4.69) is 23.7 Å². The van der Waals surface area contributed by atoms with E-state index in [-0.39, 0.29) is 0 Å². The molecule has 1 aromatic carbocycles. The van der Waals surface area contributed by atoms with Crippen LogP contribution in [0.2, 0.25) is 0 Å². The van der Waals surface area contributed by atoms with E-state index in [0.29, 0.717) is 23.8 Å². The lowest BCUT2D eigenvalue weighted by molar-refractivity contribution is 0.322. The summed E-state index contributed by atoms with van der Waals surface area (Å²) in [5.41, 5.74) is 0.940. The van der Waals surface area contributed by atoms with Gasteiger partial charge in [-0.3, -0.25) is 0 Å². The van der Waals surface area contributed by atoms with Gasteiger partial charge in [0.15, 0.2) is 17.5 Å². The number of nitrogens with one attached hydrogen (secondary N) is 1. The molecule has 0 saturated carbocycles. The molecule has 1 N–H and O–H groups in total. The number of nitrogens with zero attached hydrogens (tertiary/aromatic N) is 2. The number of hydrogen-bond acceptors (Lipinski definition) is 4. The van der Waals surface area contributed by atoms with E-state index in [4.69, 9.17) is 19.2 Å². The first-order valence-corrected chi connectivity index (χ1v) is 8.51. The number of benzene rings is 1. The third-order valence-corrected chi connectivity index (χ3v) is 3.78. The molecule has 6 nitrogen and oxygen atoms in total. The number of rotatable bonds is 10. The van der Waals surface area contributed by atoms with Crippen LogP contribution in [0.1, 0.15) is 25.3 Å². The Kier molecular flexibility index (Phi) is 9.29. The number of unbranched alkanes of at least 4 members (excludes halogenated alkanes) is 1. The number of guanidine groups is 1. The molecule has 0 saturated heterocycles. The van der Waals surface area contributed by atoms with E-state index in [1.54, 1.807) is 21.3 Å². The molecule has 0 aliphatic rings. The van der Waals surface area contributed by atoms with Crippen molar-refractivity contribution in [3.05, 3.63) is 30.4 Å². The highest BCUT2D eigenvalue weighted by atomic mass is 16.5. The quantitative estimate of drug-likeness (QED) is 0.304. The van der Waals surface area contributed by atoms with Crippen LogP contribution in [0.15, 0.2) is 29.8 Å². The highest BCUT2D eigenvalue weighted by molar-refractivity contribution is 5.79. The van der Waals surface area contributed by atoms with Crippen LogP contribution in [0, 0.1) is 0 Å². The van der Waals surface area contributed by atoms with Crippen molar-refractivity contribution in [3.8, 4) is 17.2 Å². The summed E-state index contributed by atoms with van der Waals surface area (Å²) >= 11 is 0. The summed E-state index contributed by atoms with van der Waals surface area (Å²) in [5, 5.41) is 3.32. The average Bonchev–Trinajstić information content (AvgIpc) is 2.64. The lowest BCUT2D eigenvalue weighted by atomic mass is 10.1. The van der Waals surface area contributed by atoms with Crippen LogP contribution in [-0.4, -0.2) is 52.3 Å². The average molecular weight is 349 g/mol. The fourth-order valence-electron chi connectivity index (χ4n) is 2.50. The first kappa shape index (κ1) is 20.7. The monoisotopic (exact) mass is 349 g/mol. The van der Waals surface area contributed by atoms with Crippen molar-refractivity contribution in [3.63, 3.8) is 0 Å². The molecule has 0 aromatic heterocycles. The Morgan fingerprint density at radius 3 is 2.48 bits per heavy atom. The Labute approximate surface area is 151 Å². The molecule has 1 rings (SSSR count).